The van der Waals surface area contributed by atoms with E-state index in [1.54, 1.807) is 21.7 Å². The van der Waals surface area contributed by atoms with Crippen molar-refractivity contribution in [3.63, 3.8) is 0 Å². The molecule has 4 rings (SSSR count). The van der Waals surface area contributed by atoms with Gasteiger partial charge >= 0.3 is 0 Å². The summed E-state index contributed by atoms with van der Waals surface area (Å²) in [7, 11) is 0. The number of hydrogen-bond acceptors (Lipinski definition) is 5. The zero-order valence-electron chi connectivity index (χ0n) is 23.7. The predicted octanol–water partition coefficient (Wildman–Crippen LogP) is 5.89. The van der Waals surface area contributed by atoms with E-state index in [2.05, 4.69) is 10.1 Å². The summed E-state index contributed by atoms with van der Waals surface area (Å²) in [4.78, 5) is 24.7. The lowest BCUT2D eigenvalue weighted by Gasteiger charge is -2.40. The second-order valence-electron chi connectivity index (χ2n) is 11.2. The summed E-state index contributed by atoms with van der Waals surface area (Å²) in [5.41, 5.74) is 7.23. The van der Waals surface area contributed by atoms with Crippen LogP contribution in [0, 0.1) is 24.0 Å². The number of benzene rings is 2. The Balaban J connectivity index is 1.90. The van der Waals surface area contributed by atoms with Crippen LogP contribution in [0.25, 0.3) is 11.4 Å². The molecular weight excluding hydrogens is 529 g/mol. The number of carbonyl (C=O) groups is 1. The van der Waals surface area contributed by atoms with Crippen molar-refractivity contribution in [2.24, 2.45) is 11.1 Å². The first kappa shape index (κ1) is 29.9. The quantitative estimate of drug-likeness (QED) is 0.259. The Bertz CT molecular complexity index is 1470. The van der Waals surface area contributed by atoms with E-state index in [1.807, 2.05) is 58.0 Å². The molecule has 2 aromatic heterocycles. The number of nitrogens with zero attached hydrogens (tertiary/aromatic N) is 5. The Morgan fingerprint density at radius 1 is 1.07 bits per heavy atom. The van der Waals surface area contributed by atoms with Gasteiger partial charge in [-0.3, -0.25) is 9.78 Å². The average Bonchev–Trinajstić information content (AvgIpc) is 3.34. The molecule has 0 radical (unpaired) electrons. The van der Waals surface area contributed by atoms with Crippen LogP contribution in [0.2, 0.25) is 0 Å². The van der Waals surface area contributed by atoms with Crippen LogP contribution < -0.4 is 5.73 Å². The second kappa shape index (κ2) is 12.6. The van der Waals surface area contributed by atoms with Gasteiger partial charge in [0.05, 0.1) is 23.7 Å². The fraction of sp³-hybridized carbons (Fsp3) is 0.355. The summed E-state index contributed by atoms with van der Waals surface area (Å²) in [5.74, 6) is -1.26. The lowest BCUT2D eigenvalue weighted by atomic mass is 9.84. The van der Waals surface area contributed by atoms with Crippen LogP contribution in [0.4, 0.5) is 13.2 Å². The van der Waals surface area contributed by atoms with Crippen LogP contribution in [0.15, 0.2) is 66.9 Å². The van der Waals surface area contributed by atoms with Crippen LogP contribution in [0.3, 0.4) is 0 Å². The van der Waals surface area contributed by atoms with Gasteiger partial charge in [-0.1, -0.05) is 51.1 Å². The highest BCUT2D eigenvalue weighted by molar-refractivity contribution is 5.94. The first-order valence-corrected chi connectivity index (χ1v) is 13.5. The number of carbonyl (C=O) groups excluding carboxylic acids is 1. The molecule has 0 aliphatic rings. The topological polar surface area (TPSA) is 89.9 Å². The van der Waals surface area contributed by atoms with Crippen molar-refractivity contribution in [2.75, 3.05) is 13.2 Å². The Morgan fingerprint density at radius 3 is 2.44 bits per heavy atom. The molecule has 7 nitrogen and oxygen atoms in total. The van der Waals surface area contributed by atoms with E-state index in [0.717, 1.165) is 29.5 Å². The Hall–Kier alpha value is -4.05. The van der Waals surface area contributed by atoms with Crippen LogP contribution in [0.5, 0.6) is 0 Å². The maximum atomic E-state index is 14.9. The molecule has 0 aliphatic carbocycles. The number of hydrogen-bond donors (Lipinski definition) is 1. The highest BCUT2D eigenvalue weighted by Gasteiger charge is 2.39. The normalized spacial score (nSPS) is 13.2. The lowest BCUT2D eigenvalue weighted by molar-refractivity contribution is 0.0469. The fourth-order valence-electron chi connectivity index (χ4n) is 4.70. The smallest absolute Gasteiger partial charge is 0.256 e. The summed E-state index contributed by atoms with van der Waals surface area (Å²) < 4.78 is 44.1. The zero-order valence-corrected chi connectivity index (χ0v) is 23.7. The Kier molecular flexibility index (Phi) is 9.22. The van der Waals surface area contributed by atoms with Gasteiger partial charge in [0, 0.05) is 24.5 Å². The number of pyridine rings is 1. The van der Waals surface area contributed by atoms with Crippen molar-refractivity contribution in [3.05, 3.63) is 101 Å². The minimum Gasteiger partial charge on any atom is -0.328 e. The molecule has 0 spiro atoms. The second-order valence-corrected chi connectivity index (χ2v) is 11.2. The number of halogens is 3. The van der Waals surface area contributed by atoms with E-state index in [9.17, 15) is 18.0 Å². The van der Waals surface area contributed by atoms with Crippen LogP contribution in [-0.4, -0.2) is 49.8 Å². The minimum atomic E-state index is -0.763. The van der Waals surface area contributed by atoms with Crippen molar-refractivity contribution in [2.45, 2.75) is 52.7 Å². The maximum absolute atomic E-state index is 14.9. The number of aromatic nitrogens is 4. The fourth-order valence-corrected chi connectivity index (χ4v) is 4.70. The molecule has 2 aromatic carbocycles. The van der Waals surface area contributed by atoms with Crippen molar-refractivity contribution in [3.8, 4) is 11.4 Å². The largest absolute Gasteiger partial charge is 0.328 e. The van der Waals surface area contributed by atoms with Gasteiger partial charge in [0.2, 0.25) is 0 Å². The van der Waals surface area contributed by atoms with Gasteiger partial charge < -0.3 is 10.6 Å². The van der Waals surface area contributed by atoms with E-state index in [4.69, 9.17) is 10.7 Å². The van der Waals surface area contributed by atoms with E-state index < -0.39 is 35.8 Å². The number of rotatable bonds is 10. The predicted molar refractivity (Wildman–Crippen MR) is 152 cm³/mol. The molecule has 0 aliphatic heterocycles. The van der Waals surface area contributed by atoms with Gasteiger partial charge in [-0.2, -0.15) is 5.10 Å². The van der Waals surface area contributed by atoms with E-state index in [0.29, 0.717) is 11.4 Å². The van der Waals surface area contributed by atoms with Crippen LogP contribution >= 0.6 is 0 Å². The molecule has 0 saturated carbocycles. The monoisotopic (exact) mass is 564 g/mol. The SMILES string of the molecule is Cc1ccc(C(=O)N(CC[C@H](N)CF)[C@@H](c2nc(-c3cc(F)ccc3F)nn2Cc2ccccc2)C(C)(C)C)cn1. The molecule has 0 saturated heterocycles. The Labute approximate surface area is 238 Å². The molecule has 2 atom stereocenters. The first-order chi connectivity index (χ1) is 19.5. The summed E-state index contributed by atoms with van der Waals surface area (Å²) in [6, 6.07) is 14.6. The third kappa shape index (κ3) is 7.18. The molecule has 1 amide bonds. The third-order valence-electron chi connectivity index (χ3n) is 6.78. The molecule has 41 heavy (non-hydrogen) atoms. The minimum absolute atomic E-state index is 0.00737. The maximum Gasteiger partial charge on any atom is 0.256 e. The zero-order chi connectivity index (χ0) is 29.7. The summed E-state index contributed by atoms with van der Waals surface area (Å²) in [5, 5.41) is 4.61. The first-order valence-electron chi connectivity index (χ1n) is 13.5. The van der Waals surface area contributed by atoms with Crippen LogP contribution in [-0.2, 0) is 6.54 Å². The molecule has 2 N–H and O–H groups in total. The summed E-state index contributed by atoms with van der Waals surface area (Å²) >= 11 is 0. The standard InChI is InChI=1S/C31H35F3N6O/c1-20-10-11-22(18-36-20)30(41)39(15-14-24(35)17-32)27(31(2,3)4)29-37-28(25-16-23(33)12-13-26(25)34)38-40(29)19-21-8-6-5-7-9-21/h5-13,16,18,24,27H,14-15,17,19,35H2,1-4H3/t24-,27-/m0/s1. The Morgan fingerprint density at radius 2 is 1.80 bits per heavy atom. The molecule has 0 unspecified atom stereocenters. The van der Waals surface area contributed by atoms with Crippen molar-refractivity contribution in [1.82, 2.24) is 24.6 Å². The molecule has 10 heteroatoms. The number of amides is 1. The molecular formula is C31H35F3N6O. The average molecular weight is 565 g/mol. The molecule has 2 heterocycles. The highest BCUT2D eigenvalue weighted by atomic mass is 19.1. The van der Waals surface area contributed by atoms with Gasteiger partial charge in [0.1, 0.15) is 18.3 Å². The van der Waals surface area contributed by atoms with Gasteiger partial charge in [-0.25, -0.2) is 22.8 Å². The van der Waals surface area contributed by atoms with Gasteiger partial charge in [-0.05, 0) is 54.7 Å². The van der Waals surface area contributed by atoms with Gasteiger partial charge in [0.25, 0.3) is 5.91 Å². The lowest BCUT2D eigenvalue weighted by Crippen LogP contribution is -2.44. The van der Waals surface area contributed by atoms with Crippen molar-refractivity contribution >= 4 is 5.91 Å². The molecule has 4 aromatic rings. The highest BCUT2D eigenvalue weighted by Crippen LogP contribution is 2.39. The van der Waals surface area contributed by atoms with E-state index in [-0.39, 0.29) is 36.8 Å². The number of nitrogens with two attached hydrogens (primary N) is 1. The molecule has 0 bridgehead atoms. The van der Waals surface area contributed by atoms with Crippen molar-refractivity contribution < 1.29 is 18.0 Å². The van der Waals surface area contributed by atoms with Gasteiger partial charge in [0.15, 0.2) is 11.6 Å². The van der Waals surface area contributed by atoms with Crippen molar-refractivity contribution in [1.29, 1.82) is 0 Å². The molecule has 216 valence electrons. The summed E-state index contributed by atoms with van der Waals surface area (Å²) in [6.07, 6.45) is 1.70. The van der Waals surface area contributed by atoms with E-state index in [1.165, 1.54) is 6.20 Å². The molecule has 0 fully saturated rings. The number of aryl methyl sites for hydroxylation is 1. The van der Waals surface area contributed by atoms with E-state index >= 15 is 0 Å². The van der Waals surface area contributed by atoms with Crippen LogP contribution in [0.1, 0.15) is 60.7 Å². The third-order valence-corrected chi connectivity index (χ3v) is 6.78. The number of alkyl halides is 1. The van der Waals surface area contributed by atoms with Gasteiger partial charge in [-0.15, -0.1) is 0 Å². The summed E-state index contributed by atoms with van der Waals surface area (Å²) in [6.45, 7) is 7.33.